The molecule has 7 nitrogen and oxygen atoms in total. The Hall–Kier alpha value is -2.41. The third kappa shape index (κ3) is 5.92. The Bertz CT molecular complexity index is 544. The summed E-state index contributed by atoms with van der Waals surface area (Å²) in [5.41, 5.74) is 0.656. The number of hydrogen-bond donors (Lipinski definition) is 2. The van der Waals surface area contributed by atoms with Gasteiger partial charge in [-0.25, -0.2) is 4.79 Å². The summed E-state index contributed by atoms with van der Waals surface area (Å²) < 4.78 is 4.93. The van der Waals surface area contributed by atoms with Crippen molar-refractivity contribution in [3.8, 4) is 0 Å². The van der Waals surface area contributed by atoms with E-state index in [-0.39, 0.29) is 37.6 Å². The molecule has 0 bridgehead atoms. The molecular formula is C15H20N2O5. The minimum atomic E-state index is -0.917. The maximum absolute atomic E-state index is 11.9. The smallest absolute Gasteiger partial charge is 0.340 e. The average molecular weight is 308 g/mol. The van der Waals surface area contributed by atoms with E-state index in [0.717, 1.165) is 0 Å². The van der Waals surface area contributed by atoms with Gasteiger partial charge in [0, 0.05) is 6.54 Å². The third-order valence-electron chi connectivity index (χ3n) is 2.82. The van der Waals surface area contributed by atoms with Gasteiger partial charge in [0.05, 0.1) is 30.8 Å². The van der Waals surface area contributed by atoms with Gasteiger partial charge in [0.2, 0.25) is 5.91 Å². The number of amides is 1. The van der Waals surface area contributed by atoms with Crippen molar-refractivity contribution < 1.29 is 24.2 Å². The lowest BCUT2D eigenvalue weighted by molar-refractivity contribution is -0.137. The van der Waals surface area contributed by atoms with Crippen molar-refractivity contribution >= 4 is 23.5 Å². The topological polar surface area (TPSA) is 95.9 Å². The zero-order valence-electron chi connectivity index (χ0n) is 12.7. The lowest BCUT2D eigenvalue weighted by atomic mass is 10.2. The summed E-state index contributed by atoms with van der Waals surface area (Å²) in [7, 11) is 1.65. The van der Waals surface area contributed by atoms with Gasteiger partial charge in [-0.1, -0.05) is 12.1 Å². The van der Waals surface area contributed by atoms with Crippen LogP contribution in [0.5, 0.6) is 0 Å². The fourth-order valence-electron chi connectivity index (χ4n) is 1.78. The molecular weight excluding hydrogens is 288 g/mol. The molecule has 22 heavy (non-hydrogen) atoms. The summed E-state index contributed by atoms with van der Waals surface area (Å²) >= 11 is 0. The van der Waals surface area contributed by atoms with E-state index >= 15 is 0 Å². The van der Waals surface area contributed by atoms with Crippen LogP contribution in [-0.4, -0.2) is 54.6 Å². The molecule has 0 fully saturated rings. The first kappa shape index (κ1) is 17.6. The molecule has 0 unspecified atom stereocenters. The highest BCUT2D eigenvalue weighted by Gasteiger charge is 2.15. The van der Waals surface area contributed by atoms with E-state index in [0.29, 0.717) is 5.69 Å². The van der Waals surface area contributed by atoms with Crippen LogP contribution in [-0.2, 0) is 14.3 Å². The summed E-state index contributed by atoms with van der Waals surface area (Å²) in [6.45, 7) is 2.25. The van der Waals surface area contributed by atoms with E-state index in [2.05, 4.69) is 5.32 Å². The predicted octanol–water partition coefficient (Wildman–Crippen LogP) is 1.21. The van der Waals surface area contributed by atoms with Gasteiger partial charge < -0.3 is 15.2 Å². The number of nitrogens with one attached hydrogen (secondary N) is 1. The second kappa shape index (κ2) is 8.78. The Morgan fingerprint density at radius 2 is 1.95 bits per heavy atom. The SMILES string of the molecule is CCOC(=O)c1ccccc1NC(=O)CN(C)CCC(=O)O. The Labute approximate surface area is 128 Å². The molecule has 0 heterocycles. The normalized spacial score (nSPS) is 10.3. The molecule has 120 valence electrons. The van der Waals surface area contributed by atoms with Crippen LogP contribution in [0.15, 0.2) is 24.3 Å². The number of para-hydroxylation sites is 1. The van der Waals surface area contributed by atoms with Gasteiger partial charge in [0.1, 0.15) is 0 Å². The minimum absolute atomic E-state index is 0.0322. The van der Waals surface area contributed by atoms with Crippen LogP contribution in [0.3, 0.4) is 0 Å². The van der Waals surface area contributed by atoms with E-state index < -0.39 is 11.9 Å². The Kier molecular flexibility index (Phi) is 7.04. The highest BCUT2D eigenvalue weighted by molar-refractivity contribution is 6.01. The maximum Gasteiger partial charge on any atom is 0.340 e. The van der Waals surface area contributed by atoms with Crippen molar-refractivity contribution in [2.45, 2.75) is 13.3 Å². The van der Waals surface area contributed by atoms with Gasteiger partial charge in [0.25, 0.3) is 0 Å². The largest absolute Gasteiger partial charge is 0.481 e. The summed E-state index contributed by atoms with van der Waals surface area (Å²) in [5, 5.41) is 11.2. The number of nitrogens with zero attached hydrogens (tertiary/aromatic N) is 1. The summed E-state index contributed by atoms with van der Waals surface area (Å²) in [4.78, 5) is 35.8. The maximum atomic E-state index is 11.9. The molecule has 0 aliphatic rings. The fraction of sp³-hybridized carbons (Fsp3) is 0.400. The summed E-state index contributed by atoms with van der Waals surface area (Å²) in [6.07, 6.45) is -0.0385. The van der Waals surface area contributed by atoms with Gasteiger partial charge in [-0.3, -0.25) is 14.5 Å². The van der Waals surface area contributed by atoms with Crippen molar-refractivity contribution in [2.75, 3.05) is 32.1 Å². The molecule has 7 heteroatoms. The highest BCUT2D eigenvalue weighted by atomic mass is 16.5. The molecule has 0 aromatic heterocycles. The second-order valence-corrected chi connectivity index (χ2v) is 4.70. The van der Waals surface area contributed by atoms with Crippen LogP contribution in [0.1, 0.15) is 23.7 Å². The number of hydrogen-bond acceptors (Lipinski definition) is 5. The zero-order chi connectivity index (χ0) is 16.5. The minimum Gasteiger partial charge on any atom is -0.481 e. The molecule has 1 amide bonds. The molecule has 0 saturated heterocycles. The molecule has 1 aromatic rings. The lowest BCUT2D eigenvalue weighted by Gasteiger charge is -2.16. The second-order valence-electron chi connectivity index (χ2n) is 4.70. The molecule has 0 spiro atoms. The Morgan fingerprint density at radius 3 is 2.59 bits per heavy atom. The number of carbonyl (C=O) groups excluding carboxylic acids is 2. The first-order valence-corrected chi connectivity index (χ1v) is 6.90. The van der Waals surface area contributed by atoms with E-state index in [1.54, 1.807) is 43.1 Å². The zero-order valence-corrected chi connectivity index (χ0v) is 12.7. The Morgan fingerprint density at radius 1 is 1.27 bits per heavy atom. The number of carboxylic acid groups (broad SMARTS) is 1. The van der Waals surface area contributed by atoms with Crippen molar-refractivity contribution in [1.82, 2.24) is 4.90 Å². The lowest BCUT2D eigenvalue weighted by Crippen LogP contribution is -2.32. The number of aliphatic carboxylic acids is 1. The number of esters is 1. The third-order valence-corrected chi connectivity index (χ3v) is 2.82. The molecule has 0 saturated carbocycles. The van der Waals surface area contributed by atoms with Gasteiger partial charge >= 0.3 is 11.9 Å². The molecule has 0 aliphatic heterocycles. The van der Waals surface area contributed by atoms with E-state index in [9.17, 15) is 14.4 Å². The number of ether oxygens (including phenoxy) is 1. The van der Waals surface area contributed by atoms with Crippen LogP contribution in [0.4, 0.5) is 5.69 Å². The number of anilines is 1. The first-order chi connectivity index (χ1) is 10.4. The van der Waals surface area contributed by atoms with Crippen molar-refractivity contribution in [1.29, 1.82) is 0 Å². The molecule has 2 N–H and O–H groups in total. The number of rotatable bonds is 8. The van der Waals surface area contributed by atoms with E-state index in [1.165, 1.54) is 0 Å². The van der Waals surface area contributed by atoms with Crippen LogP contribution in [0, 0.1) is 0 Å². The van der Waals surface area contributed by atoms with Crippen molar-refractivity contribution in [2.24, 2.45) is 0 Å². The standard InChI is InChI=1S/C15H20N2O5/c1-3-22-15(21)11-6-4-5-7-12(11)16-13(18)10-17(2)9-8-14(19)20/h4-7H,3,8-10H2,1-2H3,(H,16,18)(H,19,20). The molecule has 0 atom stereocenters. The quantitative estimate of drug-likeness (QED) is 0.701. The number of carboxylic acids is 1. The first-order valence-electron chi connectivity index (χ1n) is 6.90. The average Bonchev–Trinajstić information content (AvgIpc) is 2.45. The van der Waals surface area contributed by atoms with Crippen LogP contribution >= 0.6 is 0 Å². The highest BCUT2D eigenvalue weighted by Crippen LogP contribution is 2.16. The van der Waals surface area contributed by atoms with Crippen LogP contribution in [0.25, 0.3) is 0 Å². The number of likely N-dealkylation sites (N-methyl/N-ethyl adjacent to an activating group) is 1. The summed E-state index contributed by atoms with van der Waals surface area (Å²) in [5.74, 6) is -1.75. The molecule has 1 aromatic carbocycles. The van der Waals surface area contributed by atoms with Crippen molar-refractivity contribution in [3.05, 3.63) is 29.8 Å². The van der Waals surface area contributed by atoms with Gasteiger partial charge in [-0.15, -0.1) is 0 Å². The predicted molar refractivity (Wildman–Crippen MR) is 80.8 cm³/mol. The van der Waals surface area contributed by atoms with Crippen molar-refractivity contribution in [3.63, 3.8) is 0 Å². The molecule has 0 radical (unpaired) electrons. The number of carbonyl (C=O) groups is 3. The van der Waals surface area contributed by atoms with E-state index in [1.807, 2.05) is 0 Å². The van der Waals surface area contributed by atoms with Gasteiger partial charge in [-0.05, 0) is 26.1 Å². The fourth-order valence-corrected chi connectivity index (χ4v) is 1.78. The Balaban J connectivity index is 2.64. The van der Waals surface area contributed by atoms with Crippen LogP contribution < -0.4 is 5.32 Å². The van der Waals surface area contributed by atoms with Crippen LogP contribution in [0.2, 0.25) is 0 Å². The molecule has 1 rings (SSSR count). The summed E-state index contributed by atoms with van der Waals surface area (Å²) in [6, 6.07) is 6.57. The number of benzene rings is 1. The van der Waals surface area contributed by atoms with Gasteiger partial charge in [-0.2, -0.15) is 0 Å². The van der Waals surface area contributed by atoms with E-state index in [4.69, 9.17) is 9.84 Å². The van der Waals surface area contributed by atoms with Gasteiger partial charge in [0.15, 0.2) is 0 Å². The monoisotopic (exact) mass is 308 g/mol. The molecule has 0 aliphatic carbocycles.